The first-order valence-electron chi connectivity index (χ1n) is 3.24. The second kappa shape index (κ2) is 4.09. The lowest BCUT2D eigenvalue weighted by Crippen LogP contribution is -2.03. The van der Waals surface area contributed by atoms with Crippen molar-refractivity contribution in [2.24, 2.45) is 0 Å². The Morgan fingerprint density at radius 2 is 1.92 bits per heavy atom. The lowest BCUT2D eigenvalue weighted by atomic mass is 10.2. The van der Waals surface area contributed by atoms with Crippen molar-refractivity contribution in [3.05, 3.63) is 29.8 Å². The van der Waals surface area contributed by atoms with E-state index in [-0.39, 0.29) is 23.8 Å². The Balaban J connectivity index is 0.000000605. The van der Waals surface area contributed by atoms with Gasteiger partial charge in [0.2, 0.25) is 5.91 Å². The minimum absolute atomic E-state index is 0. The molecule has 0 aromatic heterocycles. The highest BCUT2D eigenvalue weighted by Crippen LogP contribution is 2.20. The zero-order valence-electron chi connectivity index (χ0n) is 6.33. The van der Waals surface area contributed by atoms with Crippen molar-refractivity contribution >= 4 is 24.0 Å². The van der Waals surface area contributed by atoms with Crippen molar-refractivity contribution in [2.45, 2.75) is 6.42 Å². The summed E-state index contributed by atoms with van der Waals surface area (Å²) in [6.45, 7) is 0. The van der Waals surface area contributed by atoms with Crippen molar-refractivity contribution < 1.29 is 10.3 Å². The van der Waals surface area contributed by atoms with E-state index in [1.807, 2.05) is 24.3 Å². The second-order valence-electron chi connectivity index (χ2n) is 2.38. The third-order valence-corrected chi connectivity index (χ3v) is 1.64. The number of fused-ring (bicyclic) bond motifs is 1. The predicted octanol–water partition coefficient (Wildman–Crippen LogP) is 0.778. The second-order valence-corrected chi connectivity index (χ2v) is 2.38. The van der Waals surface area contributed by atoms with Crippen LogP contribution < -0.4 is 5.32 Å². The summed E-state index contributed by atoms with van der Waals surface area (Å²) in [4.78, 5) is 10.8. The number of para-hydroxylation sites is 1. The first-order chi connectivity index (χ1) is 4.86. The molecule has 0 bridgehead atoms. The molecule has 0 atom stereocenters. The average Bonchev–Trinajstić information content (AvgIpc) is 2.27. The maximum atomic E-state index is 10.8. The van der Waals surface area contributed by atoms with Gasteiger partial charge in [0.05, 0.1) is 6.42 Å². The molecule has 1 amide bonds. The molecule has 0 saturated carbocycles. The van der Waals surface area contributed by atoms with Gasteiger partial charge in [0.15, 0.2) is 0 Å². The van der Waals surface area contributed by atoms with E-state index in [4.69, 9.17) is 0 Å². The molecule has 4 heteroatoms. The van der Waals surface area contributed by atoms with Crippen LogP contribution in [0.5, 0.6) is 0 Å². The van der Waals surface area contributed by atoms with Crippen molar-refractivity contribution in [3.8, 4) is 0 Å². The third kappa shape index (κ3) is 1.75. The third-order valence-electron chi connectivity index (χ3n) is 1.64. The SMILES string of the molecule is Cl.O.O=C1Cc2ccccc2N1. The number of rotatable bonds is 0. The Kier molecular flexibility index (Phi) is 3.73. The van der Waals surface area contributed by atoms with Gasteiger partial charge in [0, 0.05) is 5.69 Å². The van der Waals surface area contributed by atoms with E-state index in [0.29, 0.717) is 6.42 Å². The Morgan fingerprint density at radius 1 is 1.25 bits per heavy atom. The Labute approximate surface area is 76.5 Å². The molecule has 0 radical (unpaired) electrons. The van der Waals surface area contributed by atoms with E-state index in [2.05, 4.69) is 5.32 Å². The quantitative estimate of drug-likeness (QED) is 0.641. The van der Waals surface area contributed by atoms with Crippen LogP contribution in [0.25, 0.3) is 0 Å². The van der Waals surface area contributed by atoms with Crippen LogP contribution in [0.3, 0.4) is 0 Å². The molecule has 3 nitrogen and oxygen atoms in total. The fourth-order valence-electron chi connectivity index (χ4n) is 1.16. The van der Waals surface area contributed by atoms with E-state index in [9.17, 15) is 4.79 Å². The Bertz CT molecular complexity index is 261. The maximum absolute atomic E-state index is 10.8. The highest BCUT2D eigenvalue weighted by molar-refractivity contribution is 5.98. The van der Waals surface area contributed by atoms with Gasteiger partial charge in [-0.2, -0.15) is 0 Å². The van der Waals surface area contributed by atoms with E-state index < -0.39 is 0 Å². The molecule has 1 aliphatic rings. The zero-order chi connectivity index (χ0) is 6.97. The molecule has 2 rings (SSSR count). The number of anilines is 1. The normalized spacial score (nSPS) is 12.2. The number of benzene rings is 1. The lowest BCUT2D eigenvalue weighted by Gasteiger charge is -1.93. The van der Waals surface area contributed by atoms with Crippen LogP contribution in [-0.4, -0.2) is 11.4 Å². The van der Waals surface area contributed by atoms with Gasteiger partial charge in [-0.1, -0.05) is 18.2 Å². The maximum Gasteiger partial charge on any atom is 0.228 e. The van der Waals surface area contributed by atoms with Crippen LogP contribution in [0.15, 0.2) is 24.3 Å². The molecule has 0 fully saturated rings. The molecule has 1 aromatic rings. The Hall–Kier alpha value is -1.06. The van der Waals surface area contributed by atoms with E-state index in [1.54, 1.807) is 0 Å². The summed E-state index contributed by atoms with van der Waals surface area (Å²) in [6, 6.07) is 7.75. The molecule has 12 heavy (non-hydrogen) atoms. The summed E-state index contributed by atoms with van der Waals surface area (Å²) < 4.78 is 0. The molecular weight excluding hydrogens is 178 g/mol. The summed E-state index contributed by atoms with van der Waals surface area (Å²) >= 11 is 0. The van der Waals surface area contributed by atoms with Crippen LogP contribution in [0.4, 0.5) is 5.69 Å². The van der Waals surface area contributed by atoms with Crippen molar-refractivity contribution in [1.29, 1.82) is 0 Å². The Morgan fingerprint density at radius 3 is 2.58 bits per heavy atom. The van der Waals surface area contributed by atoms with Gasteiger partial charge >= 0.3 is 0 Å². The van der Waals surface area contributed by atoms with Gasteiger partial charge in [-0.15, -0.1) is 12.4 Å². The summed E-state index contributed by atoms with van der Waals surface area (Å²) in [7, 11) is 0. The number of carbonyl (C=O) groups excluding carboxylic acids is 1. The van der Waals surface area contributed by atoms with E-state index in [1.165, 1.54) is 0 Å². The fraction of sp³-hybridized carbons (Fsp3) is 0.125. The minimum Gasteiger partial charge on any atom is -0.412 e. The molecule has 0 saturated heterocycles. The largest absolute Gasteiger partial charge is 0.412 e. The fourth-order valence-corrected chi connectivity index (χ4v) is 1.16. The molecule has 0 aliphatic carbocycles. The molecule has 66 valence electrons. The van der Waals surface area contributed by atoms with Gasteiger partial charge in [0.25, 0.3) is 0 Å². The number of halogens is 1. The van der Waals surface area contributed by atoms with Crippen LogP contribution in [0.2, 0.25) is 0 Å². The summed E-state index contributed by atoms with van der Waals surface area (Å²) in [5.74, 6) is 0.0983. The lowest BCUT2D eigenvalue weighted by molar-refractivity contribution is -0.115. The molecule has 1 heterocycles. The van der Waals surface area contributed by atoms with Gasteiger partial charge in [-0.25, -0.2) is 0 Å². The van der Waals surface area contributed by atoms with Crippen molar-refractivity contribution in [1.82, 2.24) is 0 Å². The van der Waals surface area contributed by atoms with Crippen molar-refractivity contribution in [2.75, 3.05) is 5.32 Å². The predicted molar refractivity (Wildman–Crippen MR) is 49.6 cm³/mol. The zero-order valence-corrected chi connectivity index (χ0v) is 7.15. The van der Waals surface area contributed by atoms with Crippen LogP contribution in [-0.2, 0) is 11.2 Å². The first-order valence-corrected chi connectivity index (χ1v) is 3.24. The van der Waals surface area contributed by atoms with Crippen LogP contribution in [0, 0.1) is 0 Å². The van der Waals surface area contributed by atoms with E-state index >= 15 is 0 Å². The summed E-state index contributed by atoms with van der Waals surface area (Å²) in [5, 5.41) is 2.76. The van der Waals surface area contributed by atoms with Crippen LogP contribution in [0.1, 0.15) is 5.56 Å². The topological polar surface area (TPSA) is 60.6 Å². The minimum atomic E-state index is 0. The van der Waals surface area contributed by atoms with Gasteiger partial charge in [0.1, 0.15) is 0 Å². The molecule has 3 N–H and O–H groups in total. The molecule has 1 aromatic carbocycles. The van der Waals surface area contributed by atoms with Crippen LogP contribution >= 0.6 is 12.4 Å². The number of carbonyl (C=O) groups is 1. The monoisotopic (exact) mass is 187 g/mol. The number of amides is 1. The van der Waals surface area contributed by atoms with Gasteiger partial charge in [-0.05, 0) is 11.6 Å². The molecular formula is C8H10ClNO2. The van der Waals surface area contributed by atoms with Crippen molar-refractivity contribution in [3.63, 3.8) is 0 Å². The standard InChI is InChI=1S/C8H7NO.ClH.H2O/c10-8-5-6-3-1-2-4-7(6)9-8;;/h1-4H,5H2,(H,9,10);1H;1H2. The highest BCUT2D eigenvalue weighted by Gasteiger charge is 2.15. The summed E-state index contributed by atoms with van der Waals surface area (Å²) in [5.41, 5.74) is 2.07. The molecule has 0 spiro atoms. The average molecular weight is 188 g/mol. The highest BCUT2D eigenvalue weighted by atomic mass is 35.5. The smallest absolute Gasteiger partial charge is 0.228 e. The number of nitrogens with one attached hydrogen (secondary N) is 1. The van der Waals surface area contributed by atoms with Gasteiger partial charge in [-0.3, -0.25) is 4.79 Å². The molecule has 0 unspecified atom stereocenters. The number of hydrogen-bond acceptors (Lipinski definition) is 1. The number of hydrogen-bond donors (Lipinski definition) is 1. The van der Waals surface area contributed by atoms with Gasteiger partial charge < -0.3 is 10.8 Å². The molecule has 1 aliphatic heterocycles. The summed E-state index contributed by atoms with van der Waals surface area (Å²) in [6.07, 6.45) is 0.538. The first kappa shape index (κ1) is 10.9. The van der Waals surface area contributed by atoms with E-state index in [0.717, 1.165) is 11.3 Å².